The van der Waals surface area contributed by atoms with Crippen LogP contribution in [0.3, 0.4) is 0 Å². The fraction of sp³-hybridized carbons (Fsp3) is 0.529. The van der Waals surface area contributed by atoms with Crippen LogP contribution in [0.15, 0.2) is 18.2 Å². The quantitative estimate of drug-likeness (QED) is 0.707. The number of halogens is 2. The van der Waals surface area contributed by atoms with E-state index in [-0.39, 0.29) is 36.5 Å². The Bertz CT molecular complexity index is 600. The number of carbonyl (C=O) groups excluding carboxylic acids is 2. The van der Waals surface area contributed by atoms with Crippen molar-refractivity contribution >= 4 is 35.0 Å². The molecule has 2 atom stereocenters. The molecule has 0 bridgehead atoms. The SMILES string of the molecule is C[C@@H](NC(=O)C[NH+](C)CC(=O)NC(C)(C)C)c1ccc(Cl)cc1Cl. The van der Waals surface area contributed by atoms with Gasteiger partial charge in [-0.05, 0) is 45.4 Å². The van der Waals surface area contributed by atoms with Crippen LogP contribution in [-0.4, -0.2) is 37.5 Å². The third-order valence-corrected chi connectivity index (χ3v) is 3.81. The number of quaternary nitrogens is 1. The number of nitrogens with one attached hydrogen (secondary N) is 3. The molecule has 5 nitrogen and oxygen atoms in total. The molecule has 1 unspecified atom stereocenters. The summed E-state index contributed by atoms with van der Waals surface area (Å²) in [5.41, 5.74) is 0.525. The summed E-state index contributed by atoms with van der Waals surface area (Å²) in [4.78, 5) is 24.8. The maximum Gasteiger partial charge on any atom is 0.275 e. The third kappa shape index (κ3) is 7.51. The topological polar surface area (TPSA) is 62.6 Å². The van der Waals surface area contributed by atoms with E-state index in [2.05, 4.69) is 10.6 Å². The number of hydrogen-bond donors (Lipinski definition) is 3. The Kier molecular flexibility index (Phi) is 7.52. The van der Waals surface area contributed by atoms with Gasteiger partial charge in [0.25, 0.3) is 11.8 Å². The smallest absolute Gasteiger partial charge is 0.275 e. The van der Waals surface area contributed by atoms with Gasteiger partial charge < -0.3 is 15.5 Å². The van der Waals surface area contributed by atoms with Crippen LogP contribution in [0.25, 0.3) is 0 Å². The zero-order valence-electron chi connectivity index (χ0n) is 14.8. The lowest BCUT2D eigenvalue weighted by atomic mass is 10.1. The van der Waals surface area contributed by atoms with Gasteiger partial charge in [0.05, 0.1) is 13.1 Å². The van der Waals surface area contributed by atoms with Crippen LogP contribution in [0.2, 0.25) is 10.0 Å². The first-order chi connectivity index (χ1) is 11.0. The molecule has 0 fully saturated rings. The lowest BCUT2D eigenvalue weighted by Gasteiger charge is -2.22. The van der Waals surface area contributed by atoms with Crippen molar-refractivity contribution in [3.63, 3.8) is 0 Å². The third-order valence-electron chi connectivity index (χ3n) is 3.25. The predicted molar refractivity (Wildman–Crippen MR) is 97.5 cm³/mol. The lowest BCUT2D eigenvalue weighted by molar-refractivity contribution is -0.862. The molecule has 0 aliphatic carbocycles. The Hall–Kier alpha value is -1.30. The molecule has 1 aromatic carbocycles. The molecule has 1 rings (SSSR count). The number of hydrogen-bond acceptors (Lipinski definition) is 2. The van der Waals surface area contributed by atoms with E-state index in [9.17, 15) is 9.59 Å². The zero-order chi connectivity index (χ0) is 18.5. The van der Waals surface area contributed by atoms with Gasteiger partial charge in [0, 0.05) is 15.6 Å². The highest BCUT2D eigenvalue weighted by atomic mass is 35.5. The highest BCUT2D eigenvalue weighted by Gasteiger charge is 2.20. The average molecular weight is 375 g/mol. The highest BCUT2D eigenvalue weighted by Crippen LogP contribution is 2.25. The molecule has 7 heteroatoms. The first-order valence-electron chi connectivity index (χ1n) is 7.84. The molecule has 0 aromatic heterocycles. The average Bonchev–Trinajstić information content (AvgIpc) is 2.34. The second-order valence-electron chi connectivity index (χ2n) is 7.06. The first kappa shape index (κ1) is 20.7. The number of rotatable bonds is 6. The molecule has 1 aromatic rings. The van der Waals surface area contributed by atoms with Crippen molar-refractivity contribution in [2.24, 2.45) is 0 Å². The minimum Gasteiger partial charge on any atom is -0.347 e. The second kappa shape index (κ2) is 8.70. The van der Waals surface area contributed by atoms with Crippen molar-refractivity contribution in [2.45, 2.75) is 39.3 Å². The van der Waals surface area contributed by atoms with Crippen LogP contribution in [0.4, 0.5) is 0 Å². The van der Waals surface area contributed by atoms with Crippen molar-refractivity contribution in [3.8, 4) is 0 Å². The van der Waals surface area contributed by atoms with Crippen molar-refractivity contribution in [1.29, 1.82) is 0 Å². The van der Waals surface area contributed by atoms with Crippen molar-refractivity contribution in [1.82, 2.24) is 10.6 Å². The van der Waals surface area contributed by atoms with E-state index in [1.165, 1.54) is 0 Å². The highest BCUT2D eigenvalue weighted by molar-refractivity contribution is 6.35. The Balaban J connectivity index is 2.51. The van der Waals surface area contributed by atoms with Gasteiger partial charge in [-0.3, -0.25) is 9.59 Å². The summed E-state index contributed by atoms with van der Waals surface area (Å²) in [6.45, 7) is 8.06. The maximum atomic E-state index is 12.1. The molecule has 0 saturated heterocycles. The standard InChI is InChI=1S/C17H25Cl2N3O2/c1-11(13-7-6-12(18)8-14(13)19)20-15(23)9-22(5)10-16(24)21-17(2,3)4/h6-8,11H,9-10H2,1-5H3,(H,20,23)(H,21,24)/p+1/t11-/m1/s1. The Morgan fingerprint density at radius 1 is 1.17 bits per heavy atom. The molecule has 24 heavy (non-hydrogen) atoms. The molecule has 0 spiro atoms. The summed E-state index contributed by atoms with van der Waals surface area (Å²) in [7, 11) is 1.81. The fourth-order valence-corrected chi connectivity index (χ4v) is 2.87. The van der Waals surface area contributed by atoms with E-state index in [0.29, 0.717) is 10.0 Å². The molecule has 0 heterocycles. The number of likely N-dealkylation sites (N-methyl/N-ethyl adjacent to an activating group) is 1. The molecule has 0 saturated carbocycles. The van der Waals surface area contributed by atoms with Gasteiger partial charge in [0.15, 0.2) is 13.1 Å². The molecule has 2 amide bonds. The number of amides is 2. The van der Waals surface area contributed by atoms with Crippen molar-refractivity contribution in [2.75, 3.05) is 20.1 Å². The summed E-state index contributed by atoms with van der Waals surface area (Å²) < 4.78 is 0. The summed E-state index contributed by atoms with van der Waals surface area (Å²) in [5.74, 6) is -0.226. The molecule has 3 N–H and O–H groups in total. The minimum absolute atomic E-state index is 0.0819. The largest absolute Gasteiger partial charge is 0.347 e. The van der Waals surface area contributed by atoms with Gasteiger partial charge in [-0.1, -0.05) is 29.3 Å². The van der Waals surface area contributed by atoms with Crippen LogP contribution in [0.1, 0.15) is 39.3 Å². The molecular weight excluding hydrogens is 349 g/mol. The summed E-state index contributed by atoms with van der Waals surface area (Å²) in [6.07, 6.45) is 0. The molecule has 0 aliphatic rings. The number of carbonyl (C=O) groups is 2. The Morgan fingerprint density at radius 3 is 2.29 bits per heavy atom. The lowest BCUT2D eigenvalue weighted by Crippen LogP contribution is -3.11. The molecule has 0 aliphatic heterocycles. The van der Waals surface area contributed by atoms with Crippen molar-refractivity contribution in [3.05, 3.63) is 33.8 Å². The van der Waals surface area contributed by atoms with E-state index in [1.54, 1.807) is 18.2 Å². The second-order valence-corrected chi connectivity index (χ2v) is 7.91. The summed E-state index contributed by atoms with van der Waals surface area (Å²) >= 11 is 12.0. The minimum atomic E-state index is -0.278. The van der Waals surface area contributed by atoms with Gasteiger partial charge >= 0.3 is 0 Å². The normalized spacial score (nSPS) is 14.0. The Labute approximate surface area is 153 Å². The molecule has 134 valence electrons. The van der Waals surface area contributed by atoms with Crippen LogP contribution >= 0.6 is 23.2 Å². The molecule has 0 radical (unpaired) electrons. The zero-order valence-corrected chi connectivity index (χ0v) is 16.3. The van der Waals surface area contributed by atoms with Crippen molar-refractivity contribution < 1.29 is 14.5 Å². The first-order valence-corrected chi connectivity index (χ1v) is 8.60. The monoisotopic (exact) mass is 374 g/mol. The van der Waals surface area contributed by atoms with E-state index in [1.807, 2.05) is 34.7 Å². The van der Waals surface area contributed by atoms with E-state index in [0.717, 1.165) is 10.5 Å². The van der Waals surface area contributed by atoms with Crippen LogP contribution in [0.5, 0.6) is 0 Å². The Morgan fingerprint density at radius 2 is 1.75 bits per heavy atom. The maximum absolute atomic E-state index is 12.1. The summed E-state index contributed by atoms with van der Waals surface area (Å²) in [6, 6.07) is 4.94. The van der Waals surface area contributed by atoms with Gasteiger partial charge in [-0.2, -0.15) is 0 Å². The fourth-order valence-electron chi connectivity index (χ4n) is 2.30. The van der Waals surface area contributed by atoms with Gasteiger partial charge in [-0.25, -0.2) is 0 Å². The van der Waals surface area contributed by atoms with E-state index < -0.39 is 0 Å². The van der Waals surface area contributed by atoms with Crippen LogP contribution in [-0.2, 0) is 9.59 Å². The predicted octanol–water partition coefficient (Wildman–Crippen LogP) is 1.60. The van der Waals surface area contributed by atoms with Crippen LogP contribution in [0, 0.1) is 0 Å². The molecular formula is C17H26Cl2N3O2+. The van der Waals surface area contributed by atoms with E-state index in [4.69, 9.17) is 23.2 Å². The van der Waals surface area contributed by atoms with E-state index >= 15 is 0 Å². The van der Waals surface area contributed by atoms with Gasteiger partial charge in [0.1, 0.15) is 0 Å². The summed E-state index contributed by atoms with van der Waals surface area (Å²) in [5, 5.41) is 6.84. The number of benzene rings is 1. The van der Waals surface area contributed by atoms with Gasteiger partial charge in [-0.15, -0.1) is 0 Å². The van der Waals surface area contributed by atoms with Gasteiger partial charge in [0.2, 0.25) is 0 Å². The van der Waals surface area contributed by atoms with Crippen LogP contribution < -0.4 is 15.5 Å².